The van der Waals surface area contributed by atoms with Gasteiger partial charge in [0.1, 0.15) is 4.62 Å². The molecule has 0 aliphatic carbocycles. The van der Waals surface area contributed by atoms with Gasteiger partial charge in [-0.2, -0.15) is 0 Å². The molecule has 3 heteroatoms. The van der Waals surface area contributed by atoms with Crippen LogP contribution in [0.3, 0.4) is 0 Å². The van der Waals surface area contributed by atoms with Gasteiger partial charge in [0.2, 0.25) is 0 Å². The van der Waals surface area contributed by atoms with E-state index < -0.39 is 0 Å². The molecule has 0 amide bonds. The zero-order valence-electron chi connectivity index (χ0n) is 4.61. The molecule has 2 N–H and O–H groups in total. The maximum Gasteiger partial charge on any atom is 0.102 e. The summed E-state index contributed by atoms with van der Waals surface area (Å²) in [6.07, 6.45) is 1.69. The minimum absolute atomic E-state index is 0.0689. The predicted octanol–water partition coefficient (Wildman–Crippen LogP) is 1.30. The molecule has 0 bridgehead atoms. The molecule has 0 unspecified atom stereocenters. The van der Waals surface area contributed by atoms with Crippen LogP contribution in [-0.4, -0.2) is 16.3 Å². The number of aliphatic hydroxyl groups is 1. The van der Waals surface area contributed by atoms with Crippen molar-refractivity contribution in [1.82, 2.24) is 0 Å². The van der Waals surface area contributed by atoms with Crippen molar-refractivity contribution in [3.05, 3.63) is 11.6 Å². The van der Waals surface area contributed by atoms with Crippen molar-refractivity contribution in [1.29, 1.82) is 5.41 Å². The third-order valence-electron chi connectivity index (χ3n) is 0.801. The molecule has 0 heterocycles. The summed E-state index contributed by atoms with van der Waals surface area (Å²) in [6.45, 7) is 1.71. The van der Waals surface area contributed by atoms with Crippen molar-refractivity contribution in [2.24, 2.45) is 0 Å². The van der Waals surface area contributed by atoms with Gasteiger partial charge in [0.05, 0.1) is 6.61 Å². The van der Waals surface area contributed by atoms with E-state index in [4.69, 9.17) is 10.5 Å². The lowest BCUT2D eigenvalue weighted by Crippen LogP contribution is -1.95. The zero-order chi connectivity index (χ0) is 6.57. The molecule has 0 spiro atoms. The van der Waals surface area contributed by atoms with Crippen LogP contribution in [0.15, 0.2) is 11.6 Å². The first-order valence-corrected chi connectivity index (χ1v) is 3.02. The first-order valence-electron chi connectivity index (χ1n) is 2.22. The van der Waals surface area contributed by atoms with E-state index in [-0.39, 0.29) is 11.2 Å². The Morgan fingerprint density at radius 2 is 2.38 bits per heavy atom. The summed E-state index contributed by atoms with van der Waals surface area (Å²) >= 11 is 2.92. The Hall–Kier alpha value is -0.150. The third-order valence-corrected chi connectivity index (χ3v) is 1.31. The molecule has 0 saturated carbocycles. The van der Waals surface area contributed by atoms with Crippen LogP contribution < -0.4 is 0 Å². The molecule has 0 aromatic rings. The van der Waals surface area contributed by atoms with Crippen molar-refractivity contribution >= 4 is 20.6 Å². The number of hydrogen-bond acceptors (Lipinski definition) is 2. The summed E-state index contributed by atoms with van der Waals surface area (Å²) in [5.74, 6) is 0. The molecule has 0 aromatic heterocycles. The van der Waals surface area contributed by atoms with Gasteiger partial charge in [-0.15, -0.1) is 0 Å². The molecule has 8 heavy (non-hydrogen) atoms. The predicted molar refractivity (Wildman–Crippen MR) is 37.5 cm³/mol. The van der Waals surface area contributed by atoms with Crippen molar-refractivity contribution in [3.8, 4) is 0 Å². The van der Waals surface area contributed by atoms with Gasteiger partial charge < -0.3 is 5.11 Å². The van der Waals surface area contributed by atoms with Crippen molar-refractivity contribution in [2.45, 2.75) is 6.92 Å². The Morgan fingerprint density at radius 1 is 1.88 bits per heavy atom. The Labute approximate surface area is 56.9 Å². The van der Waals surface area contributed by atoms with Gasteiger partial charge in [0, 0.05) is 5.57 Å². The maximum atomic E-state index is 8.46. The minimum atomic E-state index is -0.0689. The number of rotatable bonds is 2. The highest BCUT2D eigenvalue weighted by Crippen LogP contribution is 2.00. The van der Waals surface area contributed by atoms with E-state index in [9.17, 15) is 0 Å². The standard InChI is InChI=1S/C5H8BrNO/c1-2-4(3-8)5(6)7/h2,7-8H,3H2,1H3. The molecular formula is C5H8BrNO. The third kappa shape index (κ3) is 2.23. The van der Waals surface area contributed by atoms with E-state index in [2.05, 4.69) is 15.9 Å². The normalized spacial score (nSPS) is 11.6. The largest absolute Gasteiger partial charge is 0.392 e. The topological polar surface area (TPSA) is 44.1 Å². The molecule has 0 aromatic carbocycles. The highest BCUT2D eigenvalue weighted by atomic mass is 79.9. The Kier molecular flexibility index (Phi) is 3.73. The Bertz CT molecular complexity index is 120. The molecule has 2 nitrogen and oxygen atoms in total. The van der Waals surface area contributed by atoms with E-state index in [1.54, 1.807) is 13.0 Å². The summed E-state index contributed by atoms with van der Waals surface area (Å²) in [5, 5.41) is 15.4. The lowest BCUT2D eigenvalue weighted by Gasteiger charge is -1.93. The van der Waals surface area contributed by atoms with Crippen LogP contribution in [0.1, 0.15) is 6.92 Å². The Morgan fingerprint density at radius 3 is 2.38 bits per heavy atom. The van der Waals surface area contributed by atoms with Gasteiger partial charge in [-0.1, -0.05) is 6.08 Å². The first-order chi connectivity index (χ1) is 3.72. The van der Waals surface area contributed by atoms with E-state index in [0.717, 1.165) is 0 Å². The quantitative estimate of drug-likeness (QED) is 0.615. The molecule has 0 fully saturated rings. The SMILES string of the molecule is CC=C(CO)C(=N)Br. The second-order valence-electron chi connectivity index (χ2n) is 1.29. The summed E-state index contributed by atoms with van der Waals surface area (Å²) in [4.78, 5) is 0. The fourth-order valence-electron chi connectivity index (χ4n) is 0.287. The van der Waals surface area contributed by atoms with Crippen molar-refractivity contribution in [3.63, 3.8) is 0 Å². The van der Waals surface area contributed by atoms with Crippen LogP contribution in [-0.2, 0) is 0 Å². The van der Waals surface area contributed by atoms with Gasteiger partial charge in [-0.05, 0) is 22.9 Å². The number of aliphatic hydroxyl groups excluding tert-OH is 1. The zero-order valence-corrected chi connectivity index (χ0v) is 6.20. The molecule has 46 valence electrons. The second kappa shape index (κ2) is 3.80. The lowest BCUT2D eigenvalue weighted by molar-refractivity contribution is 0.337. The number of allylic oxidation sites excluding steroid dienone is 1. The summed E-state index contributed by atoms with van der Waals surface area (Å²) in [5.41, 5.74) is 0.616. The smallest absolute Gasteiger partial charge is 0.102 e. The van der Waals surface area contributed by atoms with E-state index in [0.29, 0.717) is 5.57 Å². The average molecular weight is 178 g/mol. The van der Waals surface area contributed by atoms with E-state index in [1.165, 1.54) is 0 Å². The number of nitrogens with one attached hydrogen (secondary N) is 1. The Balaban J connectivity index is 3.92. The highest BCUT2D eigenvalue weighted by molar-refractivity contribution is 9.18. The van der Waals surface area contributed by atoms with Crippen molar-refractivity contribution in [2.75, 3.05) is 6.61 Å². The van der Waals surface area contributed by atoms with E-state index >= 15 is 0 Å². The van der Waals surface area contributed by atoms with Gasteiger partial charge in [-0.25, -0.2) is 0 Å². The lowest BCUT2D eigenvalue weighted by atomic mass is 10.3. The molecule has 0 saturated heterocycles. The van der Waals surface area contributed by atoms with Crippen LogP contribution in [0.25, 0.3) is 0 Å². The fraction of sp³-hybridized carbons (Fsp3) is 0.400. The molecule has 0 radical (unpaired) electrons. The minimum Gasteiger partial charge on any atom is -0.392 e. The molecular weight excluding hydrogens is 170 g/mol. The summed E-state index contributed by atoms with van der Waals surface area (Å²) in [6, 6.07) is 0. The maximum absolute atomic E-state index is 8.46. The van der Waals surface area contributed by atoms with Gasteiger partial charge >= 0.3 is 0 Å². The molecule has 0 atom stereocenters. The molecule has 0 aliphatic heterocycles. The molecule has 0 rings (SSSR count). The fourth-order valence-corrected chi connectivity index (χ4v) is 0.642. The van der Waals surface area contributed by atoms with E-state index in [1.807, 2.05) is 0 Å². The van der Waals surface area contributed by atoms with Gasteiger partial charge in [0.25, 0.3) is 0 Å². The first kappa shape index (κ1) is 7.85. The van der Waals surface area contributed by atoms with Crippen molar-refractivity contribution < 1.29 is 5.11 Å². The summed E-state index contributed by atoms with van der Waals surface area (Å²) in [7, 11) is 0. The summed E-state index contributed by atoms with van der Waals surface area (Å²) < 4.78 is 0.252. The number of halogens is 1. The van der Waals surface area contributed by atoms with Gasteiger partial charge in [0.15, 0.2) is 0 Å². The van der Waals surface area contributed by atoms with Crippen LogP contribution in [0, 0.1) is 5.41 Å². The average Bonchev–Trinajstić information content (AvgIpc) is 1.69. The van der Waals surface area contributed by atoms with Crippen LogP contribution in [0.5, 0.6) is 0 Å². The molecule has 0 aliphatic rings. The number of hydrogen-bond donors (Lipinski definition) is 2. The van der Waals surface area contributed by atoms with Crippen LogP contribution >= 0.6 is 15.9 Å². The monoisotopic (exact) mass is 177 g/mol. The second-order valence-corrected chi connectivity index (χ2v) is 2.08. The van der Waals surface area contributed by atoms with Crippen LogP contribution in [0.4, 0.5) is 0 Å². The van der Waals surface area contributed by atoms with Crippen LogP contribution in [0.2, 0.25) is 0 Å². The van der Waals surface area contributed by atoms with Gasteiger partial charge in [-0.3, -0.25) is 5.41 Å². The highest BCUT2D eigenvalue weighted by Gasteiger charge is 1.94.